The van der Waals surface area contributed by atoms with Crippen molar-refractivity contribution in [2.45, 2.75) is 57.1 Å². The fourth-order valence-electron chi connectivity index (χ4n) is 5.72. The Labute approximate surface area is 204 Å². The number of benzene rings is 1. The monoisotopic (exact) mass is 523 g/mol. The highest BCUT2D eigenvalue weighted by Crippen LogP contribution is 2.50. The zero-order valence-electron chi connectivity index (χ0n) is 18.9. The van der Waals surface area contributed by atoms with E-state index in [9.17, 15) is 10.2 Å². The maximum Gasteiger partial charge on any atom is 0.164 e. The van der Waals surface area contributed by atoms with Gasteiger partial charge in [0.2, 0.25) is 0 Å². The number of aliphatic hydroxyl groups is 2. The van der Waals surface area contributed by atoms with Gasteiger partial charge in [-0.1, -0.05) is 12.1 Å². The first-order chi connectivity index (χ1) is 16.2. The molecule has 34 heavy (non-hydrogen) atoms. The number of nitrogens with zero attached hydrogens (tertiary/aromatic N) is 4. The molecule has 1 saturated carbocycles. The van der Waals surface area contributed by atoms with E-state index in [4.69, 9.17) is 10.5 Å². The van der Waals surface area contributed by atoms with Crippen molar-refractivity contribution in [2.75, 3.05) is 5.73 Å². The van der Waals surface area contributed by atoms with Crippen LogP contribution in [0.1, 0.15) is 36.2 Å². The first kappa shape index (κ1) is 21.9. The van der Waals surface area contributed by atoms with Crippen molar-refractivity contribution in [1.82, 2.24) is 19.5 Å². The Bertz CT molecular complexity index is 1440. The maximum atomic E-state index is 11.5. The van der Waals surface area contributed by atoms with Gasteiger partial charge < -0.3 is 25.3 Å². The summed E-state index contributed by atoms with van der Waals surface area (Å²) >= 11 is 3.43. The van der Waals surface area contributed by atoms with Crippen molar-refractivity contribution in [2.24, 2.45) is 5.92 Å². The molecule has 2 fully saturated rings. The molecule has 1 aromatic carbocycles. The number of aromatic nitrogens is 4. The van der Waals surface area contributed by atoms with Crippen molar-refractivity contribution in [3.05, 3.63) is 58.1 Å². The van der Waals surface area contributed by atoms with Crippen LogP contribution in [-0.2, 0) is 11.2 Å². The number of pyridine rings is 1. The molecule has 5 atom stereocenters. The van der Waals surface area contributed by atoms with Crippen LogP contribution in [0.5, 0.6) is 0 Å². The van der Waals surface area contributed by atoms with Crippen LogP contribution in [0.25, 0.3) is 21.9 Å². The number of halogens is 1. The second-order valence-electron chi connectivity index (χ2n) is 9.59. The van der Waals surface area contributed by atoms with E-state index >= 15 is 0 Å². The van der Waals surface area contributed by atoms with Crippen molar-refractivity contribution < 1.29 is 14.9 Å². The molecule has 4 aromatic rings. The molecule has 1 aliphatic heterocycles. The summed E-state index contributed by atoms with van der Waals surface area (Å²) in [5.74, 6) is 1.18. The molecule has 1 unspecified atom stereocenters. The average molecular weight is 524 g/mol. The summed E-state index contributed by atoms with van der Waals surface area (Å²) in [6.07, 6.45) is 1.59. The summed E-state index contributed by atoms with van der Waals surface area (Å²) in [5, 5.41) is 24.6. The SMILES string of the molecule is Cc1nc(C)c2ccn([C@@H]3O[C@@H]4[C@H](Cc5ccc6cc(Br)c(N)nc6c5)CC[C@]4(O)C3O)c2n1. The standard InChI is InChI=1S/C25H26BrN5O3/c1-12-17-6-8-31(23(17)29-13(2)28-12)24-20(32)25(33)7-5-16(21(25)34-24)9-14-3-4-15-11-18(26)22(27)30-19(15)10-14/h3-4,6,8,10-11,16,20-21,24,32-33H,5,7,9H2,1-2H3,(H2,27,30)/t16-,20?,21+,24+,25-/m0/s1. The van der Waals surface area contributed by atoms with Crippen molar-refractivity contribution in [1.29, 1.82) is 0 Å². The molecule has 8 nitrogen and oxygen atoms in total. The molecule has 0 radical (unpaired) electrons. The van der Waals surface area contributed by atoms with Gasteiger partial charge in [-0.05, 0) is 78.7 Å². The Morgan fingerprint density at radius 2 is 2.03 bits per heavy atom. The van der Waals surface area contributed by atoms with Crippen molar-refractivity contribution >= 4 is 43.7 Å². The van der Waals surface area contributed by atoms with Crippen LogP contribution >= 0.6 is 15.9 Å². The van der Waals surface area contributed by atoms with E-state index < -0.39 is 24.0 Å². The van der Waals surface area contributed by atoms with Gasteiger partial charge >= 0.3 is 0 Å². The summed E-state index contributed by atoms with van der Waals surface area (Å²) in [6, 6.07) is 10.1. The van der Waals surface area contributed by atoms with E-state index in [1.807, 2.05) is 48.9 Å². The number of nitrogen functional groups attached to an aromatic ring is 1. The Morgan fingerprint density at radius 1 is 1.21 bits per heavy atom. The lowest BCUT2D eigenvalue weighted by Gasteiger charge is -2.26. The quantitative estimate of drug-likeness (QED) is 0.375. The summed E-state index contributed by atoms with van der Waals surface area (Å²) in [4.78, 5) is 13.5. The highest BCUT2D eigenvalue weighted by atomic mass is 79.9. The molecule has 6 rings (SSSR count). The maximum absolute atomic E-state index is 11.5. The molecular weight excluding hydrogens is 498 g/mol. The van der Waals surface area contributed by atoms with Crippen LogP contribution in [0.3, 0.4) is 0 Å². The van der Waals surface area contributed by atoms with Gasteiger partial charge in [-0.3, -0.25) is 0 Å². The normalized spacial score (nSPS) is 28.7. The predicted molar refractivity (Wildman–Crippen MR) is 132 cm³/mol. The largest absolute Gasteiger partial charge is 0.385 e. The number of aryl methyl sites for hydroxylation is 2. The third-order valence-corrected chi connectivity index (χ3v) is 8.05. The Hall–Kier alpha value is -2.59. The molecule has 1 aliphatic carbocycles. The third kappa shape index (κ3) is 3.25. The van der Waals surface area contributed by atoms with Gasteiger partial charge in [-0.25, -0.2) is 15.0 Å². The smallest absolute Gasteiger partial charge is 0.164 e. The van der Waals surface area contributed by atoms with Gasteiger partial charge in [-0.2, -0.15) is 0 Å². The van der Waals surface area contributed by atoms with E-state index in [1.165, 1.54) is 0 Å². The van der Waals surface area contributed by atoms with Crippen LogP contribution < -0.4 is 5.73 Å². The summed E-state index contributed by atoms with van der Waals surface area (Å²) in [6.45, 7) is 3.79. The van der Waals surface area contributed by atoms with Gasteiger partial charge in [-0.15, -0.1) is 0 Å². The molecule has 2 aliphatic rings. The van der Waals surface area contributed by atoms with Crippen LogP contribution in [0, 0.1) is 19.8 Å². The molecular formula is C25H26BrN5O3. The van der Waals surface area contributed by atoms with Gasteiger partial charge in [0.1, 0.15) is 29.0 Å². The highest BCUT2D eigenvalue weighted by molar-refractivity contribution is 9.10. The predicted octanol–water partition coefficient (Wildman–Crippen LogP) is 3.58. The number of hydrogen-bond donors (Lipinski definition) is 3. The molecule has 0 spiro atoms. The van der Waals surface area contributed by atoms with Crippen molar-refractivity contribution in [3.63, 3.8) is 0 Å². The lowest BCUT2D eigenvalue weighted by molar-refractivity contribution is -0.0675. The second-order valence-corrected chi connectivity index (χ2v) is 10.4. The van der Waals surface area contributed by atoms with Gasteiger partial charge in [0.05, 0.1) is 21.8 Å². The third-order valence-electron chi connectivity index (χ3n) is 7.41. The van der Waals surface area contributed by atoms with Gasteiger partial charge in [0.15, 0.2) is 6.23 Å². The number of aliphatic hydroxyl groups excluding tert-OH is 1. The minimum atomic E-state index is -1.30. The van der Waals surface area contributed by atoms with Crippen LogP contribution in [0.4, 0.5) is 5.82 Å². The number of rotatable bonds is 3. The van der Waals surface area contributed by atoms with E-state index in [1.54, 1.807) is 0 Å². The first-order valence-electron chi connectivity index (χ1n) is 11.5. The Morgan fingerprint density at radius 3 is 2.85 bits per heavy atom. The average Bonchev–Trinajstić information content (AvgIpc) is 3.42. The number of ether oxygens (including phenoxy) is 1. The van der Waals surface area contributed by atoms with Crippen molar-refractivity contribution in [3.8, 4) is 0 Å². The van der Waals surface area contributed by atoms with E-state index in [2.05, 4.69) is 36.9 Å². The lowest BCUT2D eigenvalue weighted by atomic mass is 9.90. The topological polar surface area (TPSA) is 119 Å². The molecule has 176 valence electrons. The molecule has 0 amide bonds. The van der Waals surface area contributed by atoms with E-state index in [0.717, 1.165) is 38.4 Å². The highest BCUT2D eigenvalue weighted by Gasteiger charge is 2.61. The summed E-state index contributed by atoms with van der Waals surface area (Å²) in [5.41, 5.74) is 8.19. The number of nitrogens with two attached hydrogens (primary N) is 1. The van der Waals surface area contributed by atoms with Gasteiger partial charge in [0, 0.05) is 17.0 Å². The zero-order valence-corrected chi connectivity index (χ0v) is 20.5. The first-order valence-corrected chi connectivity index (χ1v) is 12.3. The van der Waals surface area contributed by atoms with Crippen LogP contribution in [0.2, 0.25) is 0 Å². The fourth-order valence-corrected chi connectivity index (χ4v) is 6.05. The molecule has 4 N–H and O–H groups in total. The molecule has 1 saturated heterocycles. The van der Waals surface area contributed by atoms with Gasteiger partial charge in [0.25, 0.3) is 0 Å². The second kappa shape index (κ2) is 7.71. The number of hydrogen-bond acceptors (Lipinski definition) is 7. The molecule has 3 aromatic heterocycles. The van der Waals surface area contributed by atoms with E-state index in [0.29, 0.717) is 30.1 Å². The fraction of sp³-hybridized carbons (Fsp3) is 0.400. The molecule has 0 bridgehead atoms. The minimum Gasteiger partial charge on any atom is -0.385 e. The lowest BCUT2D eigenvalue weighted by Crippen LogP contribution is -2.45. The summed E-state index contributed by atoms with van der Waals surface area (Å²) in [7, 11) is 0. The Balaban J connectivity index is 1.30. The Kier molecular flexibility index (Phi) is 4.97. The molecule has 4 heterocycles. The summed E-state index contributed by atoms with van der Waals surface area (Å²) < 4.78 is 9.01. The van der Waals surface area contributed by atoms with Crippen LogP contribution in [-0.4, -0.2) is 47.5 Å². The number of anilines is 1. The van der Waals surface area contributed by atoms with E-state index in [-0.39, 0.29) is 5.92 Å². The number of fused-ring (bicyclic) bond motifs is 3. The zero-order chi connectivity index (χ0) is 23.8. The van der Waals surface area contributed by atoms with Crippen LogP contribution in [0.15, 0.2) is 41.0 Å². The molecule has 9 heteroatoms. The minimum absolute atomic E-state index is 0.0646.